The second-order valence-electron chi connectivity index (χ2n) is 5.06. The van der Waals surface area contributed by atoms with Crippen LogP contribution in [0.25, 0.3) is 0 Å². The predicted molar refractivity (Wildman–Crippen MR) is 84.1 cm³/mol. The molecule has 0 aromatic carbocycles. The van der Waals surface area contributed by atoms with Crippen molar-refractivity contribution in [1.29, 1.82) is 0 Å². The predicted octanol–water partition coefficient (Wildman–Crippen LogP) is -0.293. The molecule has 0 atom stereocenters. The lowest BCUT2D eigenvalue weighted by atomic mass is 10.3. The van der Waals surface area contributed by atoms with Crippen LogP contribution in [0.4, 0.5) is 5.82 Å². The Hall–Kier alpha value is -1.64. The number of rotatable bonds is 5. The molecule has 124 valence electrons. The smallest absolute Gasteiger partial charge is 0.239 e. The lowest BCUT2D eigenvalue weighted by molar-refractivity contribution is -0.132. The van der Waals surface area contributed by atoms with Crippen molar-refractivity contribution in [2.24, 2.45) is 0 Å². The lowest BCUT2D eigenvalue weighted by Gasteiger charge is -2.34. The van der Waals surface area contributed by atoms with Crippen molar-refractivity contribution in [1.82, 2.24) is 20.3 Å². The molecule has 22 heavy (non-hydrogen) atoms. The number of aryl methyl sites for hydroxylation is 1. The van der Waals surface area contributed by atoms with Crippen LogP contribution < -0.4 is 10.6 Å². The summed E-state index contributed by atoms with van der Waals surface area (Å²) in [4.78, 5) is 27.4. The summed E-state index contributed by atoms with van der Waals surface area (Å²) in [6, 6.07) is 1.67. The van der Waals surface area contributed by atoms with Crippen molar-refractivity contribution in [3.63, 3.8) is 0 Å². The number of likely N-dealkylation sites (N-methyl/N-ethyl adjacent to an activating group) is 1. The summed E-state index contributed by atoms with van der Waals surface area (Å²) < 4.78 is 4.89. The summed E-state index contributed by atoms with van der Waals surface area (Å²) in [5.41, 5.74) is 0. The zero-order valence-electron chi connectivity index (χ0n) is 12.8. The number of carbonyl (C=O) groups excluding carboxylic acids is 2. The molecule has 0 unspecified atom stereocenters. The lowest BCUT2D eigenvalue weighted by Crippen LogP contribution is -2.51. The molecule has 0 radical (unpaired) electrons. The first-order valence-corrected chi connectivity index (χ1v) is 6.96. The number of aromatic nitrogens is 1. The number of nitrogens with zero attached hydrogens (tertiary/aromatic N) is 3. The van der Waals surface area contributed by atoms with Gasteiger partial charge in [0.15, 0.2) is 5.82 Å². The molecule has 2 N–H and O–H groups in total. The SMILES string of the molecule is CNCC(=O)N1CCN(CC(=O)Nc2cc(C)on2)CC1.Cl. The van der Waals surface area contributed by atoms with E-state index in [9.17, 15) is 9.59 Å². The van der Waals surface area contributed by atoms with Gasteiger partial charge in [-0.2, -0.15) is 0 Å². The third kappa shape index (κ3) is 5.28. The maximum absolute atomic E-state index is 11.9. The van der Waals surface area contributed by atoms with Gasteiger partial charge >= 0.3 is 0 Å². The zero-order chi connectivity index (χ0) is 15.2. The van der Waals surface area contributed by atoms with E-state index in [1.54, 1.807) is 20.0 Å². The maximum Gasteiger partial charge on any atom is 0.239 e. The van der Waals surface area contributed by atoms with Gasteiger partial charge in [0, 0.05) is 32.2 Å². The van der Waals surface area contributed by atoms with Crippen molar-refractivity contribution in [2.75, 3.05) is 51.6 Å². The highest BCUT2D eigenvalue weighted by molar-refractivity contribution is 5.91. The molecule has 1 aliphatic heterocycles. The monoisotopic (exact) mass is 331 g/mol. The Morgan fingerprint density at radius 1 is 1.32 bits per heavy atom. The fraction of sp³-hybridized carbons (Fsp3) is 0.615. The van der Waals surface area contributed by atoms with Crippen molar-refractivity contribution in [3.05, 3.63) is 11.8 Å². The van der Waals surface area contributed by atoms with E-state index in [1.165, 1.54) is 0 Å². The third-order valence-electron chi connectivity index (χ3n) is 3.32. The number of hydrogen-bond donors (Lipinski definition) is 2. The second-order valence-corrected chi connectivity index (χ2v) is 5.06. The molecule has 2 rings (SSSR count). The molecule has 9 heteroatoms. The Labute approximate surface area is 135 Å². The molecule has 2 amide bonds. The van der Waals surface area contributed by atoms with E-state index in [0.717, 1.165) is 0 Å². The van der Waals surface area contributed by atoms with E-state index in [1.807, 2.05) is 9.80 Å². The van der Waals surface area contributed by atoms with Crippen LogP contribution in [-0.4, -0.2) is 73.1 Å². The van der Waals surface area contributed by atoms with Crippen LogP contribution in [0.1, 0.15) is 5.76 Å². The molecule has 1 aromatic heterocycles. The summed E-state index contributed by atoms with van der Waals surface area (Å²) in [6.07, 6.45) is 0. The summed E-state index contributed by atoms with van der Waals surface area (Å²) in [6.45, 7) is 5.10. The van der Waals surface area contributed by atoms with Gasteiger partial charge in [0.2, 0.25) is 11.8 Å². The quantitative estimate of drug-likeness (QED) is 0.770. The Morgan fingerprint density at radius 2 is 2.00 bits per heavy atom. The normalized spacial score (nSPS) is 15.3. The number of hydrogen-bond acceptors (Lipinski definition) is 6. The average molecular weight is 332 g/mol. The van der Waals surface area contributed by atoms with Gasteiger partial charge < -0.3 is 20.1 Å². The van der Waals surface area contributed by atoms with Crippen molar-refractivity contribution >= 4 is 30.0 Å². The molecule has 1 fully saturated rings. The van der Waals surface area contributed by atoms with Gasteiger partial charge in [-0.05, 0) is 14.0 Å². The standard InChI is InChI=1S/C13H21N5O3.ClH/c1-10-7-11(16-21-10)15-12(19)9-17-3-5-18(6-4-17)13(20)8-14-2;/h7,14H,3-6,8-9H2,1-2H3,(H,15,16,19);1H. The molecule has 1 saturated heterocycles. The Kier molecular flexibility index (Phi) is 7.30. The fourth-order valence-electron chi connectivity index (χ4n) is 2.23. The molecule has 8 nitrogen and oxygen atoms in total. The largest absolute Gasteiger partial charge is 0.360 e. The Morgan fingerprint density at radius 3 is 2.55 bits per heavy atom. The molecule has 2 heterocycles. The van der Waals surface area contributed by atoms with Gasteiger partial charge in [0.05, 0.1) is 13.1 Å². The van der Waals surface area contributed by atoms with Crippen LogP contribution in [0.3, 0.4) is 0 Å². The van der Waals surface area contributed by atoms with Gasteiger partial charge in [-0.25, -0.2) is 0 Å². The van der Waals surface area contributed by atoms with E-state index < -0.39 is 0 Å². The van der Waals surface area contributed by atoms with Gasteiger partial charge in [0.1, 0.15) is 5.76 Å². The topological polar surface area (TPSA) is 90.7 Å². The third-order valence-corrected chi connectivity index (χ3v) is 3.32. The van der Waals surface area contributed by atoms with E-state index >= 15 is 0 Å². The van der Waals surface area contributed by atoms with E-state index in [4.69, 9.17) is 4.52 Å². The van der Waals surface area contributed by atoms with Crippen LogP contribution in [0.2, 0.25) is 0 Å². The van der Waals surface area contributed by atoms with Crippen molar-refractivity contribution < 1.29 is 14.1 Å². The van der Waals surface area contributed by atoms with E-state index in [0.29, 0.717) is 50.8 Å². The van der Waals surface area contributed by atoms with Gasteiger partial charge in [0.25, 0.3) is 0 Å². The van der Waals surface area contributed by atoms with Crippen LogP contribution in [0, 0.1) is 6.92 Å². The van der Waals surface area contributed by atoms with Crippen LogP contribution in [0.15, 0.2) is 10.6 Å². The molecular weight excluding hydrogens is 310 g/mol. The highest BCUT2D eigenvalue weighted by Gasteiger charge is 2.22. The molecule has 0 aliphatic carbocycles. The van der Waals surface area contributed by atoms with E-state index in [-0.39, 0.29) is 24.2 Å². The molecule has 0 bridgehead atoms. The minimum Gasteiger partial charge on any atom is -0.360 e. The average Bonchev–Trinajstić information content (AvgIpc) is 2.85. The number of piperazine rings is 1. The first-order chi connectivity index (χ1) is 10.1. The number of anilines is 1. The first kappa shape index (κ1) is 18.4. The summed E-state index contributed by atoms with van der Waals surface area (Å²) >= 11 is 0. The fourth-order valence-corrected chi connectivity index (χ4v) is 2.23. The Bertz CT molecular complexity index is 500. The van der Waals surface area contributed by atoms with Crippen molar-refractivity contribution in [2.45, 2.75) is 6.92 Å². The minimum absolute atomic E-state index is 0. The number of nitrogens with one attached hydrogen (secondary N) is 2. The van der Waals surface area contributed by atoms with Crippen LogP contribution >= 0.6 is 12.4 Å². The van der Waals surface area contributed by atoms with Crippen LogP contribution in [0.5, 0.6) is 0 Å². The van der Waals surface area contributed by atoms with Gasteiger partial charge in [-0.15, -0.1) is 12.4 Å². The second kappa shape index (κ2) is 8.72. The first-order valence-electron chi connectivity index (χ1n) is 6.96. The number of amides is 2. The molecule has 0 saturated carbocycles. The molecular formula is C13H22ClN5O3. The van der Waals surface area contributed by atoms with E-state index in [2.05, 4.69) is 15.8 Å². The maximum atomic E-state index is 11.9. The molecule has 0 spiro atoms. The van der Waals surface area contributed by atoms with Gasteiger partial charge in [-0.3, -0.25) is 14.5 Å². The summed E-state index contributed by atoms with van der Waals surface area (Å²) in [5.74, 6) is 1.06. The summed E-state index contributed by atoms with van der Waals surface area (Å²) in [7, 11) is 1.75. The Balaban J connectivity index is 0.00000242. The minimum atomic E-state index is -0.127. The summed E-state index contributed by atoms with van der Waals surface area (Å²) in [5, 5.41) is 9.26. The molecule has 1 aromatic rings. The zero-order valence-corrected chi connectivity index (χ0v) is 13.6. The number of carbonyl (C=O) groups is 2. The van der Waals surface area contributed by atoms with Gasteiger partial charge in [-0.1, -0.05) is 5.16 Å². The van der Waals surface area contributed by atoms with Crippen molar-refractivity contribution in [3.8, 4) is 0 Å². The van der Waals surface area contributed by atoms with Crippen LogP contribution in [-0.2, 0) is 9.59 Å². The number of halogens is 1. The highest BCUT2D eigenvalue weighted by atomic mass is 35.5. The molecule has 1 aliphatic rings. The highest BCUT2D eigenvalue weighted by Crippen LogP contribution is 2.07.